The first-order valence-electron chi connectivity index (χ1n) is 12.3. The smallest absolute Gasteiger partial charge is 0.222 e. The van der Waals surface area contributed by atoms with E-state index < -0.39 is 0 Å². The van der Waals surface area contributed by atoms with E-state index in [0.29, 0.717) is 24.0 Å². The maximum Gasteiger partial charge on any atom is 0.222 e. The second-order valence-corrected chi connectivity index (χ2v) is 9.38. The largest absolute Gasteiger partial charge is 0.368 e. The lowest BCUT2D eigenvalue weighted by atomic mass is 9.87. The fourth-order valence-electron chi connectivity index (χ4n) is 3.97. The van der Waals surface area contributed by atoms with Gasteiger partial charge in [0, 0.05) is 32.4 Å². The topological polar surface area (TPSA) is 101 Å². The Morgan fingerprint density at radius 2 is 1.72 bits per heavy atom. The number of nitrogens with one attached hydrogen (secondary N) is 1. The molecule has 0 atom stereocenters. The quantitative estimate of drug-likeness (QED) is 0.600. The zero-order chi connectivity index (χ0) is 26.7. The molecule has 0 unspecified atom stereocenters. The molecule has 1 aromatic carbocycles. The Morgan fingerprint density at radius 1 is 1.06 bits per heavy atom. The van der Waals surface area contributed by atoms with Crippen LogP contribution >= 0.6 is 0 Å². The van der Waals surface area contributed by atoms with Gasteiger partial charge in [-0.2, -0.15) is 4.98 Å². The van der Waals surface area contributed by atoms with Gasteiger partial charge in [-0.1, -0.05) is 31.2 Å². The number of halogens is 1. The lowest BCUT2D eigenvalue weighted by molar-refractivity contribution is -0.120. The van der Waals surface area contributed by atoms with Crippen LogP contribution in [0.5, 0.6) is 0 Å². The molecule has 0 spiro atoms. The van der Waals surface area contributed by atoms with Gasteiger partial charge in [-0.25, -0.2) is 9.37 Å². The molecule has 1 heterocycles. The summed E-state index contributed by atoms with van der Waals surface area (Å²) in [6, 6.07) is 8.29. The zero-order valence-electron chi connectivity index (χ0n) is 21.9. The fraction of sp³-hybridized carbons (Fsp3) is 0.429. The predicted molar refractivity (Wildman–Crippen MR) is 145 cm³/mol. The summed E-state index contributed by atoms with van der Waals surface area (Å²) in [4.78, 5) is 31.8. The van der Waals surface area contributed by atoms with Crippen molar-refractivity contribution in [3.8, 4) is 0 Å². The van der Waals surface area contributed by atoms with Crippen molar-refractivity contribution in [3.05, 3.63) is 60.0 Å². The second-order valence-electron chi connectivity index (χ2n) is 9.38. The number of nitrogens with two attached hydrogens (primary N) is 1. The number of amides is 1. The van der Waals surface area contributed by atoms with E-state index in [1.54, 1.807) is 13.0 Å². The molecule has 1 fully saturated rings. The Kier molecular flexibility index (Phi) is 11.2. The van der Waals surface area contributed by atoms with Crippen molar-refractivity contribution in [2.45, 2.75) is 58.9 Å². The number of allylic oxidation sites excluding steroid dienone is 6. The number of hydrogen-bond acceptors (Lipinski definition) is 6. The van der Waals surface area contributed by atoms with Crippen LogP contribution in [-0.4, -0.2) is 41.8 Å². The minimum Gasteiger partial charge on any atom is -0.368 e. The monoisotopic (exact) mass is 495 g/mol. The van der Waals surface area contributed by atoms with Crippen molar-refractivity contribution < 1.29 is 14.0 Å². The molecule has 2 aliphatic carbocycles. The molecule has 36 heavy (non-hydrogen) atoms. The van der Waals surface area contributed by atoms with E-state index in [-0.39, 0.29) is 17.5 Å². The van der Waals surface area contributed by atoms with Crippen LogP contribution in [0.15, 0.2) is 60.0 Å². The molecule has 8 heteroatoms. The predicted octanol–water partition coefficient (Wildman–Crippen LogP) is 5.29. The number of para-hydroxylation sites is 1. The summed E-state index contributed by atoms with van der Waals surface area (Å²) >= 11 is 0. The van der Waals surface area contributed by atoms with E-state index in [1.807, 2.05) is 43.3 Å². The highest BCUT2D eigenvalue weighted by atomic mass is 19.1. The van der Waals surface area contributed by atoms with Gasteiger partial charge in [-0.15, -0.1) is 0 Å². The number of benzene rings is 1. The van der Waals surface area contributed by atoms with Gasteiger partial charge in [0.25, 0.3) is 0 Å². The van der Waals surface area contributed by atoms with E-state index in [4.69, 9.17) is 5.73 Å². The van der Waals surface area contributed by atoms with Gasteiger partial charge in [0.15, 0.2) is 5.78 Å². The summed E-state index contributed by atoms with van der Waals surface area (Å²) in [6.45, 7) is 5.36. The standard InChI is InChI=1S/C10H12N4.C9H9FO.C9H17NO/c1-14(2)9-7-5-3-4-6-8(7)12-10(11)13-9;1-7(11)8-3-2-4-9(10)6-5-8;1-7-3-5-9(6-4-7)10-8(2)11/h3-6H,1-2H3,(H2,11,12,13);2,4-6H,3H2,1H3;7,9H,3-6H2,1-2H3,(H,10,11). The second kappa shape index (κ2) is 14.1. The summed E-state index contributed by atoms with van der Waals surface area (Å²) < 4.78 is 12.5. The molecular weight excluding hydrogens is 457 g/mol. The van der Waals surface area contributed by atoms with E-state index in [2.05, 4.69) is 22.2 Å². The van der Waals surface area contributed by atoms with Gasteiger partial charge in [0.1, 0.15) is 11.6 Å². The van der Waals surface area contributed by atoms with Gasteiger partial charge in [-0.3, -0.25) is 9.59 Å². The molecule has 1 saturated carbocycles. The number of hydrogen-bond donors (Lipinski definition) is 2. The van der Waals surface area contributed by atoms with Crippen LogP contribution in [0, 0.1) is 5.92 Å². The Hall–Kier alpha value is -3.55. The number of anilines is 2. The van der Waals surface area contributed by atoms with Crippen molar-refractivity contribution in [1.82, 2.24) is 15.3 Å². The minimum atomic E-state index is -0.304. The first kappa shape index (κ1) is 28.7. The molecule has 1 amide bonds. The maximum absolute atomic E-state index is 12.5. The minimum absolute atomic E-state index is 0.000556. The molecule has 7 nitrogen and oxygen atoms in total. The van der Waals surface area contributed by atoms with Crippen molar-refractivity contribution >= 4 is 34.4 Å². The zero-order valence-corrected chi connectivity index (χ0v) is 21.9. The summed E-state index contributed by atoms with van der Waals surface area (Å²) in [5.41, 5.74) is 7.14. The molecule has 0 radical (unpaired) electrons. The van der Waals surface area contributed by atoms with E-state index >= 15 is 0 Å². The van der Waals surface area contributed by atoms with Crippen molar-refractivity contribution in [2.75, 3.05) is 24.7 Å². The van der Waals surface area contributed by atoms with Crippen LogP contribution in [0.2, 0.25) is 0 Å². The summed E-state index contributed by atoms with van der Waals surface area (Å²) in [6.07, 6.45) is 11.2. The molecule has 2 aromatic rings. The molecule has 194 valence electrons. The van der Waals surface area contributed by atoms with Crippen LogP contribution in [0.25, 0.3) is 10.9 Å². The summed E-state index contributed by atoms with van der Waals surface area (Å²) in [7, 11) is 3.88. The first-order valence-corrected chi connectivity index (χ1v) is 12.3. The highest BCUT2D eigenvalue weighted by Gasteiger charge is 2.18. The van der Waals surface area contributed by atoms with Gasteiger partial charge < -0.3 is 16.0 Å². The number of aromatic nitrogens is 2. The molecule has 2 aliphatic rings. The van der Waals surface area contributed by atoms with Crippen LogP contribution in [0.1, 0.15) is 52.9 Å². The Morgan fingerprint density at radius 3 is 2.33 bits per heavy atom. The lowest BCUT2D eigenvalue weighted by Gasteiger charge is -2.26. The fourth-order valence-corrected chi connectivity index (χ4v) is 3.97. The number of nitrogen functional groups attached to an aromatic ring is 1. The highest BCUT2D eigenvalue weighted by Crippen LogP contribution is 2.23. The third-order valence-corrected chi connectivity index (χ3v) is 5.96. The average molecular weight is 496 g/mol. The molecular formula is C28H38FN5O2. The Balaban J connectivity index is 0.000000193. The number of Topliss-reactive ketones (excluding diaryl/α,β-unsaturated/α-hetero) is 1. The molecule has 0 saturated heterocycles. The van der Waals surface area contributed by atoms with E-state index in [1.165, 1.54) is 50.8 Å². The van der Waals surface area contributed by atoms with Crippen LogP contribution < -0.4 is 16.0 Å². The molecule has 0 aliphatic heterocycles. The molecule has 1 aromatic heterocycles. The average Bonchev–Trinajstić information content (AvgIpc) is 3.05. The molecule has 0 bridgehead atoms. The summed E-state index contributed by atoms with van der Waals surface area (Å²) in [5.74, 6) is 1.84. The maximum atomic E-state index is 12.5. The third-order valence-electron chi connectivity index (χ3n) is 5.96. The Bertz CT molecular complexity index is 1130. The SMILES string of the molecule is CC(=O)C1=CC=C(F)C=CC1.CC(=O)NC1CCC(C)CC1.CN(C)c1nc(N)nc2ccccc12. The Labute approximate surface area is 213 Å². The first-order chi connectivity index (χ1) is 17.1. The van der Waals surface area contributed by atoms with Crippen molar-refractivity contribution in [2.24, 2.45) is 5.92 Å². The third kappa shape index (κ3) is 9.60. The van der Waals surface area contributed by atoms with Crippen LogP contribution in [0.4, 0.5) is 16.2 Å². The number of carbonyl (C=O) groups excluding carboxylic acids is 2. The summed E-state index contributed by atoms with van der Waals surface area (Å²) in [5, 5.41) is 3.98. The van der Waals surface area contributed by atoms with Crippen LogP contribution in [0.3, 0.4) is 0 Å². The highest BCUT2D eigenvalue weighted by molar-refractivity contribution is 5.94. The van der Waals surface area contributed by atoms with Crippen LogP contribution in [-0.2, 0) is 9.59 Å². The van der Waals surface area contributed by atoms with Crippen molar-refractivity contribution in [1.29, 1.82) is 0 Å². The number of rotatable bonds is 3. The lowest BCUT2D eigenvalue weighted by Crippen LogP contribution is -2.35. The van der Waals surface area contributed by atoms with Gasteiger partial charge >= 0.3 is 0 Å². The number of fused-ring (bicyclic) bond motifs is 1. The van der Waals surface area contributed by atoms with Crippen molar-refractivity contribution in [3.63, 3.8) is 0 Å². The number of carbonyl (C=O) groups is 2. The molecule has 4 rings (SSSR count). The van der Waals surface area contributed by atoms with Gasteiger partial charge in [0.2, 0.25) is 11.9 Å². The molecule has 3 N–H and O–H groups in total. The van der Waals surface area contributed by atoms with Gasteiger partial charge in [0.05, 0.1) is 5.52 Å². The normalized spacial score (nSPS) is 18.8. The number of nitrogens with zero attached hydrogens (tertiary/aromatic N) is 3. The van der Waals surface area contributed by atoms with E-state index in [0.717, 1.165) is 22.6 Å². The van der Waals surface area contributed by atoms with E-state index in [9.17, 15) is 14.0 Å². The number of ketones is 1. The van der Waals surface area contributed by atoms with Gasteiger partial charge in [-0.05, 0) is 74.8 Å².